The van der Waals surface area contributed by atoms with Crippen molar-refractivity contribution in [2.75, 3.05) is 11.5 Å². The first-order valence-electron chi connectivity index (χ1n) is 12.2. The number of ether oxygens (including phenoxy) is 1. The smallest absolute Gasteiger partial charge is 0.265 e. The summed E-state index contributed by atoms with van der Waals surface area (Å²) in [4.78, 5) is 28.7. The fourth-order valence-electron chi connectivity index (χ4n) is 4.63. The zero-order valence-electron chi connectivity index (χ0n) is 20.3. The molecule has 0 heterocycles. The van der Waals surface area contributed by atoms with Crippen LogP contribution in [0.1, 0.15) is 49.3 Å². The Morgan fingerprint density at radius 3 is 2.36 bits per heavy atom. The van der Waals surface area contributed by atoms with E-state index in [1.807, 2.05) is 25.1 Å². The minimum Gasteiger partial charge on any atom is -0.484 e. The van der Waals surface area contributed by atoms with Crippen molar-refractivity contribution in [3.05, 3.63) is 95.6 Å². The van der Waals surface area contributed by atoms with Gasteiger partial charge in [-0.1, -0.05) is 49.6 Å². The van der Waals surface area contributed by atoms with Gasteiger partial charge in [-0.05, 0) is 73.4 Å². The molecule has 0 radical (unpaired) electrons. The molecule has 5 nitrogen and oxygen atoms in total. The summed E-state index contributed by atoms with van der Waals surface area (Å²) in [6, 6.07) is 17.3. The van der Waals surface area contributed by atoms with Crippen LogP contribution in [0.15, 0.2) is 72.8 Å². The molecule has 3 aromatic rings. The van der Waals surface area contributed by atoms with E-state index in [0.29, 0.717) is 11.3 Å². The number of halogens is 2. The van der Waals surface area contributed by atoms with Crippen LogP contribution in [-0.2, 0) is 9.59 Å². The van der Waals surface area contributed by atoms with Gasteiger partial charge >= 0.3 is 0 Å². The molecule has 0 aromatic heterocycles. The number of amides is 2. The predicted octanol–water partition coefficient (Wildman–Crippen LogP) is 5.88. The molecule has 1 N–H and O–H groups in total. The normalized spacial score (nSPS) is 14.6. The van der Waals surface area contributed by atoms with Crippen molar-refractivity contribution in [1.29, 1.82) is 0 Å². The summed E-state index contributed by atoms with van der Waals surface area (Å²) in [5.74, 6) is -1.49. The van der Waals surface area contributed by atoms with E-state index < -0.39 is 30.2 Å². The van der Waals surface area contributed by atoms with Gasteiger partial charge in [0, 0.05) is 11.7 Å². The minimum absolute atomic E-state index is 0.0256. The highest BCUT2D eigenvalue weighted by Gasteiger charge is 2.35. The zero-order valence-corrected chi connectivity index (χ0v) is 20.3. The Labute approximate surface area is 210 Å². The summed E-state index contributed by atoms with van der Waals surface area (Å²) in [7, 11) is 0. The second-order valence-corrected chi connectivity index (χ2v) is 9.09. The third kappa shape index (κ3) is 6.27. The molecule has 1 saturated carbocycles. The van der Waals surface area contributed by atoms with Gasteiger partial charge in [0.2, 0.25) is 5.91 Å². The quantitative estimate of drug-likeness (QED) is 0.428. The van der Waals surface area contributed by atoms with E-state index in [2.05, 4.69) is 5.32 Å². The van der Waals surface area contributed by atoms with Gasteiger partial charge in [0.15, 0.2) is 6.61 Å². The molecule has 0 bridgehead atoms. The number of benzene rings is 3. The Kier molecular flexibility index (Phi) is 8.31. The van der Waals surface area contributed by atoms with Crippen LogP contribution in [0.25, 0.3) is 0 Å². The van der Waals surface area contributed by atoms with Gasteiger partial charge in [-0.2, -0.15) is 0 Å². The molecule has 36 heavy (non-hydrogen) atoms. The largest absolute Gasteiger partial charge is 0.484 e. The van der Waals surface area contributed by atoms with Crippen molar-refractivity contribution < 1.29 is 23.1 Å². The summed E-state index contributed by atoms with van der Waals surface area (Å²) in [6.45, 7) is 1.46. The van der Waals surface area contributed by atoms with Gasteiger partial charge in [0.25, 0.3) is 5.91 Å². The monoisotopic (exact) mass is 492 g/mol. The van der Waals surface area contributed by atoms with Crippen LogP contribution in [0, 0.1) is 18.6 Å². The Morgan fingerprint density at radius 1 is 0.944 bits per heavy atom. The first-order chi connectivity index (χ1) is 17.4. The van der Waals surface area contributed by atoms with E-state index in [0.717, 1.165) is 37.7 Å². The van der Waals surface area contributed by atoms with Crippen molar-refractivity contribution in [3.63, 3.8) is 0 Å². The molecule has 1 fully saturated rings. The molecule has 2 amide bonds. The lowest BCUT2D eigenvalue weighted by Gasteiger charge is -2.34. The maximum absolute atomic E-state index is 14.3. The topological polar surface area (TPSA) is 58.6 Å². The second kappa shape index (κ2) is 11.8. The summed E-state index contributed by atoms with van der Waals surface area (Å²) in [5, 5.41) is 3.14. The first-order valence-corrected chi connectivity index (χ1v) is 12.2. The molecule has 188 valence electrons. The number of anilines is 1. The Hall–Kier alpha value is -3.74. The van der Waals surface area contributed by atoms with Crippen LogP contribution in [0.5, 0.6) is 5.75 Å². The number of carbonyl (C=O) groups is 2. The van der Waals surface area contributed by atoms with E-state index in [1.54, 1.807) is 12.1 Å². The number of carbonyl (C=O) groups excluding carboxylic acids is 2. The highest BCUT2D eigenvalue weighted by Crippen LogP contribution is 2.31. The standard InChI is InChI=1S/C29H30F2N2O3/c1-20-8-5-6-13-26(20)28(29(35)32-23-10-3-2-4-11-23)33(24-12-7-9-22(31)18-24)27(34)19-36-25-16-14-21(30)15-17-25/h5-9,12-18,23,28H,2-4,10-11,19H2,1H3,(H,32,35). The average Bonchev–Trinajstić information content (AvgIpc) is 2.88. The van der Waals surface area contributed by atoms with E-state index in [-0.39, 0.29) is 17.6 Å². The fourth-order valence-corrected chi connectivity index (χ4v) is 4.63. The Balaban J connectivity index is 1.70. The SMILES string of the molecule is Cc1ccccc1C(C(=O)NC1CCCCC1)N(C(=O)COc1ccc(F)cc1)c1cccc(F)c1. The van der Waals surface area contributed by atoms with E-state index in [4.69, 9.17) is 4.74 Å². The van der Waals surface area contributed by atoms with Crippen LogP contribution in [0.4, 0.5) is 14.5 Å². The highest BCUT2D eigenvalue weighted by atomic mass is 19.1. The number of hydrogen-bond acceptors (Lipinski definition) is 3. The summed E-state index contributed by atoms with van der Waals surface area (Å²) < 4.78 is 33.2. The van der Waals surface area contributed by atoms with Crippen LogP contribution >= 0.6 is 0 Å². The molecule has 3 aromatic carbocycles. The Bertz CT molecular complexity index is 1190. The molecule has 1 unspecified atom stereocenters. The van der Waals surface area contributed by atoms with Gasteiger partial charge < -0.3 is 10.1 Å². The molecule has 1 aliphatic carbocycles. The van der Waals surface area contributed by atoms with Gasteiger partial charge in [-0.15, -0.1) is 0 Å². The van der Waals surface area contributed by atoms with E-state index in [1.165, 1.54) is 47.4 Å². The van der Waals surface area contributed by atoms with Gasteiger partial charge in [0.05, 0.1) is 0 Å². The third-order valence-corrected chi connectivity index (χ3v) is 6.47. The molecule has 4 rings (SSSR count). The van der Waals surface area contributed by atoms with E-state index >= 15 is 0 Å². The first kappa shape index (κ1) is 25.4. The van der Waals surface area contributed by atoms with Gasteiger partial charge in [0.1, 0.15) is 23.4 Å². The fraction of sp³-hybridized carbons (Fsp3) is 0.310. The molecule has 1 aliphatic rings. The summed E-state index contributed by atoms with van der Waals surface area (Å²) in [6.07, 6.45) is 4.99. The van der Waals surface area contributed by atoms with Crippen molar-refractivity contribution in [3.8, 4) is 5.75 Å². The zero-order chi connectivity index (χ0) is 25.5. The summed E-state index contributed by atoms with van der Waals surface area (Å²) >= 11 is 0. The van der Waals surface area contributed by atoms with Crippen molar-refractivity contribution >= 4 is 17.5 Å². The predicted molar refractivity (Wildman–Crippen MR) is 135 cm³/mol. The molecule has 1 atom stereocenters. The lowest BCUT2D eigenvalue weighted by Crippen LogP contribution is -2.48. The summed E-state index contributed by atoms with van der Waals surface area (Å²) in [5.41, 5.74) is 1.72. The molecular formula is C29H30F2N2O3. The Morgan fingerprint density at radius 2 is 1.67 bits per heavy atom. The van der Waals surface area contributed by atoms with E-state index in [9.17, 15) is 18.4 Å². The average molecular weight is 493 g/mol. The molecule has 7 heteroatoms. The van der Waals surface area contributed by atoms with Gasteiger partial charge in [-0.25, -0.2) is 8.78 Å². The number of hydrogen-bond donors (Lipinski definition) is 1. The number of nitrogens with one attached hydrogen (secondary N) is 1. The maximum atomic E-state index is 14.3. The molecule has 0 saturated heterocycles. The van der Waals surface area contributed by atoms with Crippen LogP contribution in [0.3, 0.4) is 0 Å². The van der Waals surface area contributed by atoms with Crippen molar-refractivity contribution in [1.82, 2.24) is 5.32 Å². The van der Waals surface area contributed by atoms with Crippen LogP contribution in [0.2, 0.25) is 0 Å². The van der Waals surface area contributed by atoms with Crippen molar-refractivity contribution in [2.24, 2.45) is 0 Å². The number of aryl methyl sites for hydroxylation is 1. The van der Waals surface area contributed by atoms with Crippen LogP contribution in [-0.4, -0.2) is 24.5 Å². The lowest BCUT2D eigenvalue weighted by atomic mass is 9.93. The minimum atomic E-state index is -1.03. The van der Waals surface area contributed by atoms with Crippen molar-refractivity contribution in [2.45, 2.75) is 51.1 Å². The highest BCUT2D eigenvalue weighted by molar-refractivity contribution is 6.02. The third-order valence-electron chi connectivity index (χ3n) is 6.47. The molecular weight excluding hydrogens is 462 g/mol. The number of nitrogens with zero attached hydrogens (tertiary/aromatic N) is 1. The second-order valence-electron chi connectivity index (χ2n) is 9.09. The van der Waals surface area contributed by atoms with Gasteiger partial charge in [-0.3, -0.25) is 14.5 Å². The maximum Gasteiger partial charge on any atom is 0.265 e. The lowest BCUT2D eigenvalue weighted by molar-refractivity contribution is -0.128. The molecule has 0 aliphatic heterocycles. The number of rotatable bonds is 8. The van der Waals surface area contributed by atoms with Crippen LogP contribution < -0.4 is 15.0 Å². The molecule has 0 spiro atoms.